The summed E-state index contributed by atoms with van der Waals surface area (Å²) in [6.45, 7) is 1.93. The molecular weight excluding hydrogens is 200 g/mol. The molecule has 15 heavy (non-hydrogen) atoms. The van der Waals surface area contributed by atoms with Gasteiger partial charge in [0.25, 0.3) is 0 Å². The summed E-state index contributed by atoms with van der Waals surface area (Å²) in [5.41, 5.74) is 0.212. The van der Waals surface area contributed by atoms with Crippen LogP contribution < -0.4 is 0 Å². The van der Waals surface area contributed by atoms with Gasteiger partial charge in [0.2, 0.25) is 5.75 Å². The maximum absolute atomic E-state index is 11.1. The minimum Gasteiger partial charge on any atom is -0.504 e. The third-order valence-corrected chi connectivity index (χ3v) is 1.85. The van der Waals surface area contributed by atoms with Gasteiger partial charge in [-0.25, -0.2) is 0 Å². The molecule has 3 N–H and O–H groups in total. The molecule has 0 saturated carbocycles. The molecule has 0 atom stereocenters. The number of hydrogen-bond acceptors (Lipinski definition) is 5. The molecule has 0 aromatic heterocycles. The van der Waals surface area contributed by atoms with Crippen molar-refractivity contribution in [3.05, 3.63) is 17.7 Å². The quantitative estimate of drug-likeness (QED) is 0.512. The van der Waals surface area contributed by atoms with Gasteiger partial charge in [-0.15, -0.1) is 0 Å². The SMILES string of the molecule is CCOC(=O)Cc1ccc(O)c(O)c1O. The minimum atomic E-state index is -0.628. The van der Waals surface area contributed by atoms with Crippen molar-refractivity contribution in [1.29, 1.82) is 0 Å². The molecule has 0 bridgehead atoms. The van der Waals surface area contributed by atoms with Gasteiger partial charge >= 0.3 is 5.97 Å². The second kappa shape index (κ2) is 4.54. The van der Waals surface area contributed by atoms with Gasteiger partial charge in [-0.05, 0) is 13.0 Å². The van der Waals surface area contributed by atoms with Crippen molar-refractivity contribution in [2.45, 2.75) is 13.3 Å². The summed E-state index contributed by atoms with van der Waals surface area (Å²) in [5, 5.41) is 27.6. The van der Waals surface area contributed by atoms with E-state index in [0.717, 1.165) is 0 Å². The van der Waals surface area contributed by atoms with Crippen LogP contribution in [0.4, 0.5) is 0 Å². The lowest BCUT2D eigenvalue weighted by Gasteiger charge is -2.06. The summed E-state index contributed by atoms with van der Waals surface area (Å²) in [7, 11) is 0. The Bertz CT molecular complexity index is 372. The first-order valence-electron chi connectivity index (χ1n) is 4.44. The van der Waals surface area contributed by atoms with Crippen molar-refractivity contribution in [1.82, 2.24) is 0 Å². The van der Waals surface area contributed by atoms with Crippen LogP contribution >= 0.6 is 0 Å². The van der Waals surface area contributed by atoms with E-state index in [9.17, 15) is 15.0 Å². The van der Waals surface area contributed by atoms with Crippen LogP contribution in [-0.4, -0.2) is 27.9 Å². The van der Waals surface area contributed by atoms with Gasteiger partial charge < -0.3 is 20.1 Å². The molecule has 0 spiro atoms. The zero-order valence-corrected chi connectivity index (χ0v) is 8.23. The topological polar surface area (TPSA) is 87.0 Å². The first-order chi connectivity index (χ1) is 7.06. The Morgan fingerprint density at radius 1 is 1.27 bits per heavy atom. The number of ether oxygens (including phenoxy) is 1. The number of esters is 1. The lowest BCUT2D eigenvalue weighted by atomic mass is 10.1. The van der Waals surface area contributed by atoms with Gasteiger partial charge in [-0.3, -0.25) is 4.79 Å². The zero-order valence-electron chi connectivity index (χ0n) is 8.23. The van der Waals surface area contributed by atoms with Gasteiger partial charge in [0.05, 0.1) is 13.0 Å². The molecule has 1 aromatic rings. The van der Waals surface area contributed by atoms with E-state index >= 15 is 0 Å². The fourth-order valence-electron chi connectivity index (χ4n) is 1.12. The highest BCUT2D eigenvalue weighted by atomic mass is 16.5. The average Bonchev–Trinajstić information content (AvgIpc) is 2.20. The second-order valence-electron chi connectivity index (χ2n) is 2.92. The van der Waals surface area contributed by atoms with Gasteiger partial charge in [0.15, 0.2) is 11.5 Å². The summed E-state index contributed by atoms with van der Waals surface area (Å²) < 4.78 is 4.68. The number of carbonyl (C=O) groups is 1. The van der Waals surface area contributed by atoms with Crippen molar-refractivity contribution in [3.8, 4) is 17.2 Å². The van der Waals surface area contributed by atoms with E-state index in [1.165, 1.54) is 12.1 Å². The van der Waals surface area contributed by atoms with Crippen molar-refractivity contribution < 1.29 is 24.9 Å². The number of rotatable bonds is 3. The lowest BCUT2D eigenvalue weighted by molar-refractivity contribution is -0.142. The van der Waals surface area contributed by atoms with Crippen molar-refractivity contribution >= 4 is 5.97 Å². The molecule has 1 aromatic carbocycles. The maximum atomic E-state index is 11.1. The summed E-state index contributed by atoms with van der Waals surface area (Å²) >= 11 is 0. The fraction of sp³-hybridized carbons (Fsp3) is 0.300. The van der Waals surface area contributed by atoms with Crippen LogP contribution in [0, 0.1) is 0 Å². The van der Waals surface area contributed by atoms with Gasteiger partial charge in [0, 0.05) is 5.56 Å². The number of aromatic hydroxyl groups is 3. The summed E-state index contributed by atoms with van der Waals surface area (Å²) in [4.78, 5) is 11.1. The molecule has 0 heterocycles. The third kappa shape index (κ3) is 2.52. The van der Waals surface area contributed by atoms with Crippen LogP contribution in [0.2, 0.25) is 0 Å². The second-order valence-corrected chi connectivity index (χ2v) is 2.92. The van der Waals surface area contributed by atoms with Crippen LogP contribution in [-0.2, 0) is 16.0 Å². The predicted molar refractivity (Wildman–Crippen MR) is 51.8 cm³/mol. The van der Waals surface area contributed by atoms with E-state index in [4.69, 9.17) is 5.11 Å². The van der Waals surface area contributed by atoms with Gasteiger partial charge in [0.1, 0.15) is 0 Å². The van der Waals surface area contributed by atoms with Gasteiger partial charge in [-0.2, -0.15) is 0 Å². The number of benzene rings is 1. The Morgan fingerprint density at radius 3 is 2.53 bits per heavy atom. The molecule has 0 radical (unpaired) electrons. The highest BCUT2D eigenvalue weighted by molar-refractivity contribution is 5.74. The summed E-state index contributed by atoms with van der Waals surface area (Å²) in [5.74, 6) is -2.06. The molecule has 0 aliphatic heterocycles. The summed E-state index contributed by atoms with van der Waals surface area (Å²) in [6.07, 6.45) is -0.145. The Labute approximate surface area is 86.5 Å². The molecule has 0 aliphatic carbocycles. The highest BCUT2D eigenvalue weighted by Gasteiger charge is 2.14. The average molecular weight is 212 g/mol. The third-order valence-electron chi connectivity index (χ3n) is 1.85. The Hall–Kier alpha value is -1.91. The number of phenolic OH excluding ortho intramolecular Hbond substituents is 3. The molecule has 1 rings (SSSR count). The summed E-state index contributed by atoms with van der Waals surface area (Å²) in [6, 6.07) is 2.55. The first kappa shape index (κ1) is 11.2. The van der Waals surface area contributed by atoms with Crippen molar-refractivity contribution in [3.63, 3.8) is 0 Å². The minimum absolute atomic E-state index is 0.145. The maximum Gasteiger partial charge on any atom is 0.310 e. The number of phenols is 3. The molecule has 82 valence electrons. The fourth-order valence-corrected chi connectivity index (χ4v) is 1.12. The molecule has 0 saturated heterocycles. The molecule has 5 nitrogen and oxygen atoms in total. The van der Waals surface area contributed by atoms with E-state index in [2.05, 4.69) is 4.74 Å². The zero-order chi connectivity index (χ0) is 11.4. The Balaban J connectivity index is 2.87. The van der Waals surface area contributed by atoms with E-state index in [0.29, 0.717) is 0 Å². The van der Waals surface area contributed by atoms with Crippen LogP contribution in [0.25, 0.3) is 0 Å². The standard InChI is InChI=1S/C10H12O5/c1-2-15-8(12)5-6-3-4-7(11)10(14)9(6)13/h3-4,11,13-14H,2,5H2,1H3. The molecule has 0 amide bonds. The molecular formula is C10H12O5. The first-order valence-corrected chi connectivity index (χ1v) is 4.44. The number of hydrogen-bond donors (Lipinski definition) is 3. The predicted octanol–water partition coefficient (Wildman–Crippen LogP) is 0.909. The Morgan fingerprint density at radius 2 is 1.93 bits per heavy atom. The largest absolute Gasteiger partial charge is 0.504 e. The molecule has 0 fully saturated rings. The normalized spacial score (nSPS) is 9.93. The lowest BCUT2D eigenvalue weighted by Crippen LogP contribution is -2.07. The van der Waals surface area contributed by atoms with Crippen LogP contribution in [0.15, 0.2) is 12.1 Å². The van der Waals surface area contributed by atoms with Crippen LogP contribution in [0.3, 0.4) is 0 Å². The highest BCUT2D eigenvalue weighted by Crippen LogP contribution is 2.37. The molecule has 5 heteroatoms. The molecule has 0 unspecified atom stereocenters. The van der Waals surface area contributed by atoms with E-state index < -0.39 is 23.2 Å². The Kier molecular flexibility index (Phi) is 3.38. The molecule has 0 aliphatic rings. The van der Waals surface area contributed by atoms with E-state index in [-0.39, 0.29) is 18.6 Å². The smallest absolute Gasteiger partial charge is 0.310 e. The number of carbonyl (C=O) groups excluding carboxylic acids is 1. The van der Waals surface area contributed by atoms with E-state index in [1.807, 2.05) is 0 Å². The van der Waals surface area contributed by atoms with Crippen molar-refractivity contribution in [2.24, 2.45) is 0 Å². The van der Waals surface area contributed by atoms with Crippen LogP contribution in [0.5, 0.6) is 17.2 Å². The van der Waals surface area contributed by atoms with E-state index in [1.54, 1.807) is 6.92 Å². The van der Waals surface area contributed by atoms with Crippen LogP contribution in [0.1, 0.15) is 12.5 Å². The van der Waals surface area contributed by atoms with Crippen molar-refractivity contribution in [2.75, 3.05) is 6.61 Å². The monoisotopic (exact) mass is 212 g/mol. The van der Waals surface area contributed by atoms with Gasteiger partial charge in [-0.1, -0.05) is 6.07 Å².